The van der Waals surface area contributed by atoms with Crippen molar-refractivity contribution in [2.75, 3.05) is 6.54 Å². The molecule has 0 saturated carbocycles. The Morgan fingerprint density at radius 1 is 1.32 bits per heavy atom. The second-order valence-corrected chi connectivity index (χ2v) is 4.60. The van der Waals surface area contributed by atoms with E-state index in [9.17, 15) is 14.4 Å². The van der Waals surface area contributed by atoms with E-state index < -0.39 is 17.0 Å². The highest BCUT2D eigenvalue weighted by Crippen LogP contribution is 2.18. The molecule has 0 aliphatic rings. The molecule has 1 heterocycles. The van der Waals surface area contributed by atoms with Crippen LogP contribution in [0.3, 0.4) is 0 Å². The lowest BCUT2D eigenvalue weighted by molar-refractivity contribution is -0.116. The number of nitrogens with one attached hydrogen (secondary N) is 2. The molecule has 0 atom stereocenters. The number of fused-ring (bicyclic) bond motifs is 1. The number of carbonyl (C=O) groups is 1. The largest absolute Gasteiger partial charge is 0.322 e. The summed E-state index contributed by atoms with van der Waals surface area (Å²) in [5, 5.41) is 0. The first kappa shape index (κ1) is 13.4. The predicted octanol–water partition coefficient (Wildman–Crippen LogP) is -0.117. The van der Waals surface area contributed by atoms with Crippen LogP contribution in [-0.2, 0) is 4.79 Å². The molecular formula is C11H9BrN4O3. The third-order valence-corrected chi connectivity index (χ3v) is 2.81. The second kappa shape index (κ2) is 5.29. The Kier molecular flexibility index (Phi) is 3.72. The molecule has 0 spiro atoms. The number of carbonyl (C=O) groups excluding carboxylic acids is 1. The summed E-state index contributed by atoms with van der Waals surface area (Å²) >= 11 is 3.27. The average molecular weight is 325 g/mol. The molecule has 2 aromatic rings. The number of aromatic nitrogens is 2. The van der Waals surface area contributed by atoms with Crippen LogP contribution in [0, 0.1) is 0 Å². The number of rotatable bonds is 2. The summed E-state index contributed by atoms with van der Waals surface area (Å²) in [6.07, 6.45) is 1.29. The summed E-state index contributed by atoms with van der Waals surface area (Å²) < 4.78 is 0.671. The predicted molar refractivity (Wildman–Crippen MR) is 74.5 cm³/mol. The first-order chi connectivity index (χ1) is 9.01. The molecule has 0 unspecified atom stereocenters. The molecule has 0 saturated heterocycles. The number of benzene rings is 1. The van der Waals surface area contributed by atoms with E-state index >= 15 is 0 Å². The van der Waals surface area contributed by atoms with Crippen LogP contribution in [0.25, 0.3) is 11.0 Å². The van der Waals surface area contributed by atoms with E-state index in [1.54, 1.807) is 12.1 Å². The average Bonchev–Trinajstić information content (AvgIpc) is 2.37. The summed E-state index contributed by atoms with van der Waals surface area (Å²) in [7, 11) is 0. The zero-order chi connectivity index (χ0) is 14.0. The fourth-order valence-electron chi connectivity index (χ4n) is 1.51. The van der Waals surface area contributed by atoms with Gasteiger partial charge in [-0.1, -0.05) is 15.9 Å². The van der Waals surface area contributed by atoms with Gasteiger partial charge in [-0.05, 0) is 12.1 Å². The lowest BCUT2D eigenvalue weighted by atomic mass is 10.2. The van der Waals surface area contributed by atoms with Crippen LogP contribution in [0.15, 0.2) is 31.2 Å². The Morgan fingerprint density at radius 2 is 2.00 bits per heavy atom. The first-order valence-corrected chi connectivity index (χ1v) is 6.03. The van der Waals surface area contributed by atoms with Gasteiger partial charge in [-0.2, -0.15) is 0 Å². The lowest BCUT2D eigenvalue weighted by Gasteiger charge is -2.02. The van der Waals surface area contributed by atoms with Gasteiger partial charge < -0.3 is 15.7 Å². The molecule has 4 N–H and O–H groups in total. The van der Waals surface area contributed by atoms with Gasteiger partial charge in [0.25, 0.3) is 5.91 Å². The Labute approximate surface area is 114 Å². The molecule has 8 heteroatoms. The summed E-state index contributed by atoms with van der Waals surface area (Å²) in [6.45, 7) is -0.199. The molecular weight excluding hydrogens is 316 g/mol. The van der Waals surface area contributed by atoms with Crippen molar-refractivity contribution in [1.82, 2.24) is 9.97 Å². The van der Waals surface area contributed by atoms with Crippen molar-refractivity contribution in [2.24, 2.45) is 10.7 Å². The molecule has 0 bridgehead atoms. The third-order valence-electron chi connectivity index (χ3n) is 2.35. The van der Waals surface area contributed by atoms with Gasteiger partial charge in [0.2, 0.25) is 0 Å². The number of nitrogens with zero attached hydrogens (tertiary/aromatic N) is 1. The quantitative estimate of drug-likeness (QED) is 0.526. The van der Waals surface area contributed by atoms with Gasteiger partial charge in [-0.3, -0.25) is 14.4 Å². The van der Waals surface area contributed by atoms with Gasteiger partial charge in [0.05, 0.1) is 17.6 Å². The van der Waals surface area contributed by atoms with Gasteiger partial charge in [0, 0.05) is 16.3 Å². The molecule has 2 rings (SSSR count). The van der Waals surface area contributed by atoms with E-state index in [1.165, 1.54) is 6.21 Å². The molecule has 19 heavy (non-hydrogen) atoms. The topological polar surface area (TPSA) is 121 Å². The molecule has 98 valence electrons. The van der Waals surface area contributed by atoms with Crippen LogP contribution in [0.5, 0.6) is 0 Å². The minimum absolute atomic E-state index is 0.199. The number of hydrogen-bond acceptors (Lipinski definition) is 4. The summed E-state index contributed by atoms with van der Waals surface area (Å²) in [5.74, 6) is -0.486. The van der Waals surface area contributed by atoms with Gasteiger partial charge in [-0.15, -0.1) is 0 Å². The van der Waals surface area contributed by atoms with Crippen molar-refractivity contribution in [3.63, 3.8) is 0 Å². The van der Waals surface area contributed by atoms with E-state index in [0.29, 0.717) is 21.1 Å². The van der Waals surface area contributed by atoms with Gasteiger partial charge in [0.15, 0.2) is 0 Å². The van der Waals surface area contributed by atoms with E-state index in [4.69, 9.17) is 5.73 Å². The Hall–Kier alpha value is -2.06. The van der Waals surface area contributed by atoms with E-state index in [1.807, 2.05) is 0 Å². The molecule has 1 aromatic heterocycles. The van der Waals surface area contributed by atoms with E-state index in [2.05, 4.69) is 30.9 Å². The normalized spacial score (nSPS) is 11.3. The number of halogens is 1. The molecule has 1 amide bonds. The number of aromatic amines is 2. The zero-order valence-corrected chi connectivity index (χ0v) is 11.2. The molecule has 0 fully saturated rings. The third kappa shape index (κ3) is 2.85. The number of H-pyrrole nitrogens is 2. The molecule has 1 aromatic carbocycles. The van der Waals surface area contributed by atoms with E-state index in [-0.39, 0.29) is 6.54 Å². The van der Waals surface area contributed by atoms with Crippen LogP contribution in [0.1, 0.15) is 5.56 Å². The highest BCUT2D eigenvalue weighted by Gasteiger charge is 2.05. The Morgan fingerprint density at radius 3 is 2.68 bits per heavy atom. The molecule has 0 aliphatic carbocycles. The standard InChI is InChI=1S/C11H9BrN4O3/c12-6-1-5(4-14-8(17)3-13)9-7(2-6)15-10(18)11(19)16-9/h1-2,4H,3,13H2,(H,15,18)(H,16,19). The minimum atomic E-state index is -0.769. The maximum atomic E-state index is 11.3. The number of amides is 1. The summed E-state index contributed by atoms with van der Waals surface area (Å²) in [5.41, 5.74) is 4.94. The van der Waals surface area contributed by atoms with Crippen LogP contribution >= 0.6 is 15.9 Å². The number of aliphatic imine (C=N–C) groups is 1. The minimum Gasteiger partial charge on any atom is -0.322 e. The smallest absolute Gasteiger partial charge is 0.314 e. The van der Waals surface area contributed by atoms with Crippen LogP contribution < -0.4 is 16.9 Å². The summed E-state index contributed by atoms with van der Waals surface area (Å²) in [6, 6.07) is 3.29. The molecule has 0 radical (unpaired) electrons. The highest BCUT2D eigenvalue weighted by molar-refractivity contribution is 9.10. The van der Waals surface area contributed by atoms with Gasteiger partial charge >= 0.3 is 11.1 Å². The SMILES string of the molecule is NCC(=O)N=Cc1cc(Br)cc2[nH]c(=O)c(=O)[nH]c12. The number of nitrogens with two attached hydrogens (primary N) is 1. The van der Waals surface area contributed by atoms with Crippen molar-refractivity contribution >= 4 is 39.1 Å². The van der Waals surface area contributed by atoms with E-state index in [0.717, 1.165) is 0 Å². The van der Waals surface area contributed by atoms with Crippen LogP contribution in [-0.4, -0.2) is 28.6 Å². The van der Waals surface area contributed by atoms with Crippen molar-refractivity contribution < 1.29 is 4.79 Å². The highest BCUT2D eigenvalue weighted by atomic mass is 79.9. The Balaban J connectivity index is 2.69. The van der Waals surface area contributed by atoms with Crippen LogP contribution in [0.2, 0.25) is 0 Å². The number of hydrogen-bond donors (Lipinski definition) is 3. The van der Waals surface area contributed by atoms with Crippen LogP contribution in [0.4, 0.5) is 0 Å². The monoisotopic (exact) mass is 324 g/mol. The lowest BCUT2D eigenvalue weighted by Crippen LogP contribution is -2.29. The Bertz CT molecular complexity index is 791. The van der Waals surface area contributed by atoms with Crippen molar-refractivity contribution in [3.8, 4) is 0 Å². The van der Waals surface area contributed by atoms with Crippen molar-refractivity contribution in [1.29, 1.82) is 0 Å². The maximum Gasteiger partial charge on any atom is 0.314 e. The van der Waals surface area contributed by atoms with Crippen molar-refractivity contribution in [2.45, 2.75) is 0 Å². The van der Waals surface area contributed by atoms with Gasteiger partial charge in [0.1, 0.15) is 0 Å². The fourth-order valence-corrected chi connectivity index (χ4v) is 1.99. The fraction of sp³-hybridized carbons (Fsp3) is 0.0909. The maximum absolute atomic E-state index is 11.3. The first-order valence-electron chi connectivity index (χ1n) is 5.24. The zero-order valence-electron chi connectivity index (χ0n) is 9.57. The van der Waals surface area contributed by atoms with Gasteiger partial charge in [-0.25, -0.2) is 4.99 Å². The molecule has 0 aliphatic heterocycles. The van der Waals surface area contributed by atoms with Crippen molar-refractivity contribution in [3.05, 3.63) is 42.9 Å². The molecule has 7 nitrogen and oxygen atoms in total. The second-order valence-electron chi connectivity index (χ2n) is 3.68. The summed E-state index contributed by atoms with van der Waals surface area (Å²) in [4.78, 5) is 42.1.